The van der Waals surface area contributed by atoms with E-state index < -0.39 is 5.97 Å². The Morgan fingerprint density at radius 3 is 2.29 bits per heavy atom. The summed E-state index contributed by atoms with van der Waals surface area (Å²) in [6, 6.07) is 1.41. The van der Waals surface area contributed by atoms with E-state index in [9.17, 15) is 9.59 Å². The standard InChI is InChI=1S/C12H22NO3.C7H15N/c1-4-11-7-6-8-13(11,5-2)9-12(15)16-10(3)14;1-3-8-6-4-5-7(8)2/h11H,4-9H2,1-3H3;7H,3-6H2,1-2H3/q+1;. The third-order valence-electron chi connectivity index (χ3n) is 5.81. The number of hydrogen-bond acceptors (Lipinski definition) is 4. The molecular weight excluding hydrogens is 304 g/mol. The summed E-state index contributed by atoms with van der Waals surface area (Å²) in [5.41, 5.74) is 0. The second kappa shape index (κ2) is 10.1. The number of carbonyl (C=O) groups is 2. The smallest absolute Gasteiger partial charge is 0.369 e. The molecule has 0 radical (unpaired) electrons. The van der Waals surface area contributed by atoms with Gasteiger partial charge in [0, 0.05) is 25.8 Å². The Balaban J connectivity index is 0.000000300. The second-order valence-corrected chi connectivity index (χ2v) is 7.21. The molecule has 0 aromatic rings. The van der Waals surface area contributed by atoms with Gasteiger partial charge in [-0.05, 0) is 46.2 Å². The van der Waals surface area contributed by atoms with Crippen LogP contribution in [0.1, 0.15) is 66.7 Å². The number of nitrogens with zero attached hydrogens (tertiary/aromatic N) is 2. The first kappa shape index (κ1) is 21.1. The van der Waals surface area contributed by atoms with Gasteiger partial charge in [-0.3, -0.25) is 4.79 Å². The summed E-state index contributed by atoms with van der Waals surface area (Å²) in [7, 11) is 0. The Morgan fingerprint density at radius 2 is 1.88 bits per heavy atom. The van der Waals surface area contributed by atoms with Crippen LogP contribution in [-0.2, 0) is 14.3 Å². The summed E-state index contributed by atoms with van der Waals surface area (Å²) in [6.45, 7) is 15.0. The molecule has 3 unspecified atom stereocenters. The highest BCUT2D eigenvalue weighted by molar-refractivity contribution is 5.84. The lowest BCUT2D eigenvalue weighted by molar-refractivity contribution is -0.931. The quantitative estimate of drug-likeness (QED) is 0.438. The zero-order valence-corrected chi connectivity index (χ0v) is 16.3. The highest BCUT2D eigenvalue weighted by Gasteiger charge is 2.41. The van der Waals surface area contributed by atoms with Crippen LogP contribution in [-0.4, -0.2) is 66.1 Å². The molecule has 0 N–H and O–H groups in total. The SMILES string of the molecule is CCC1CCC[N+]1(CC)CC(=O)OC(C)=O.CCN1CCCC1C. The maximum absolute atomic E-state index is 11.6. The summed E-state index contributed by atoms with van der Waals surface area (Å²) < 4.78 is 5.43. The van der Waals surface area contributed by atoms with Crippen LogP contribution in [0.2, 0.25) is 0 Å². The predicted molar refractivity (Wildman–Crippen MR) is 96.6 cm³/mol. The first-order valence-corrected chi connectivity index (χ1v) is 9.69. The van der Waals surface area contributed by atoms with Gasteiger partial charge >= 0.3 is 11.9 Å². The fourth-order valence-corrected chi connectivity index (χ4v) is 4.34. The molecule has 3 atom stereocenters. The molecule has 24 heavy (non-hydrogen) atoms. The predicted octanol–water partition coefficient (Wildman–Crippen LogP) is 2.98. The first-order valence-electron chi connectivity index (χ1n) is 9.69. The molecule has 0 amide bonds. The van der Waals surface area contributed by atoms with E-state index in [-0.39, 0.29) is 5.97 Å². The molecule has 2 fully saturated rings. The van der Waals surface area contributed by atoms with Gasteiger partial charge in [0.15, 0.2) is 6.54 Å². The fraction of sp³-hybridized carbons (Fsp3) is 0.895. The zero-order chi connectivity index (χ0) is 18.2. The number of quaternary nitrogens is 1. The normalized spacial score (nSPS) is 29.9. The number of likely N-dealkylation sites (tertiary alicyclic amines) is 2. The third kappa shape index (κ3) is 5.85. The van der Waals surface area contributed by atoms with Crippen LogP contribution in [0.3, 0.4) is 0 Å². The second-order valence-electron chi connectivity index (χ2n) is 7.21. The minimum absolute atomic E-state index is 0.342. The van der Waals surface area contributed by atoms with Crippen molar-refractivity contribution in [1.29, 1.82) is 0 Å². The van der Waals surface area contributed by atoms with E-state index in [2.05, 4.69) is 37.3 Å². The van der Waals surface area contributed by atoms with Crippen molar-refractivity contribution in [3.63, 3.8) is 0 Å². The van der Waals surface area contributed by atoms with Crippen molar-refractivity contribution < 1.29 is 18.8 Å². The Bertz CT molecular complexity index is 413. The number of ether oxygens (including phenoxy) is 1. The molecule has 140 valence electrons. The van der Waals surface area contributed by atoms with Crippen molar-refractivity contribution in [2.75, 3.05) is 32.7 Å². The van der Waals surface area contributed by atoms with Gasteiger partial charge in [0.25, 0.3) is 0 Å². The molecule has 2 rings (SSSR count). The maximum Gasteiger partial charge on any atom is 0.369 e. The number of esters is 2. The van der Waals surface area contributed by atoms with Gasteiger partial charge < -0.3 is 14.1 Å². The summed E-state index contributed by atoms with van der Waals surface area (Å²) in [6.07, 6.45) is 6.25. The molecule has 0 aromatic carbocycles. The lowest BCUT2D eigenvalue weighted by Gasteiger charge is -2.37. The van der Waals surface area contributed by atoms with E-state index in [1.807, 2.05) is 0 Å². The van der Waals surface area contributed by atoms with E-state index in [1.54, 1.807) is 0 Å². The zero-order valence-electron chi connectivity index (χ0n) is 16.3. The van der Waals surface area contributed by atoms with Gasteiger partial charge in [0.05, 0.1) is 19.1 Å². The van der Waals surface area contributed by atoms with Gasteiger partial charge in [-0.25, -0.2) is 4.79 Å². The number of carbonyl (C=O) groups excluding carboxylic acids is 2. The molecule has 5 nitrogen and oxygen atoms in total. The van der Waals surface area contributed by atoms with E-state index in [1.165, 1.54) is 45.7 Å². The van der Waals surface area contributed by atoms with E-state index in [0.717, 1.165) is 30.0 Å². The monoisotopic (exact) mass is 341 g/mol. The Kier molecular flexibility index (Phi) is 8.92. The van der Waals surface area contributed by atoms with Crippen molar-refractivity contribution >= 4 is 11.9 Å². The lowest BCUT2D eigenvalue weighted by atomic mass is 10.1. The average Bonchev–Trinajstić information content (AvgIpc) is 3.13. The number of likely N-dealkylation sites (N-methyl/N-ethyl adjacent to an activating group) is 1. The van der Waals surface area contributed by atoms with Gasteiger partial charge in [-0.2, -0.15) is 0 Å². The molecule has 5 heteroatoms. The molecule has 2 aliphatic heterocycles. The lowest BCUT2D eigenvalue weighted by Crippen LogP contribution is -2.54. The summed E-state index contributed by atoms with van der Waals surface area (Å²) in [5.74, 6) is -0.888. The van der Waals surface area contributed by atoms with E-state index >= 15 is 0 Å². The minimum Gasteiger partial charge on any atom is -0.389 e. The summed E-state index contributed by atoms with van der Waals surface area (Å²) in [5, 5.41) is 0. The molecule has 0 aromatic heterocycles. The van der Waals surface area contributed by atoms with Crippen molar-refractivity contribution in [1.82, 2.24) is 4.90 Å². The van der Waals surface area contributed by atoms with Gasteiger partial charge in [0.2, 0.25) is 0 Å². The van der Waals surface area contributed by atoms with E-state index in [0.29, 0.717) is 12.6 Å². The molecule has 2 heterocycles. The van der Waals surface area contributed by atoms with Crippen molar-refractivity contribution in [2.45, 2.75) is 78.8 Å². The van der Waals surface area contributed by atoms with Gasteiger partial charge in [-0.15, -0.1) is 0 Å². The first-order chi connectivity index (χ1) is 11.4. The summed E-state index contributed by atoms with van der Waals surface area (Å²) >= 11 is 0. The van der Waals surface area contributed by atoms with E-state index in [4.69, 9.17) is 0 Å². The molecule has 2 saturated heterocycles. The highest BCUT2D eigenvalue weighted by Crippen LogP contribution is 2.28. The molecule has 0 spiro atoms. The van der Waals surface area contributed by atoms with Gasteiger partial charge in [-0.1, -0.05) is 13.8 Å². The van der Waals surface area contributed by atoms with Crippen LogP contribution < -0.4 is 0 Å². The van der Waals surface area contributed by atoms with Gasteiger partial charge in [0.1, 0.15) is 0 Å². The average molecular weight is 342 g/mol. The maximum atomic E-state index is 11.6. The van der Waals surface area contributed by atoms with Crippen LogP contribution >= 0.6 is 0 Å². The topological polar surface area (TPSA) is 46.6 Å². The van der Waals surface area contributed by atoms with Crippen LogP contribution in [0.25, 0.3) is 0 Å². The van der Waals surface area contributed by atoms with Crippen LogP contribution in [0.15, 0.2) is 0 Å². The Morgan fingerprint density at radius 1 is 1.17 bits per heavy atom. The molecule has 0 saturated carbocycles. The minimum atomic E-state index is -0.508. The molecular formula is C19H37N2O3+. The van der Waals surface area contributed by atoms with Crippen LogP contribution in [0.5, 0.6) is 0 Å². The van der Waals surface area contributed by atoms with Crippen molar-refractivity contribution in [2.24, 2.45) is 0 Å². The third-order valence-corrected chi connectivity index (χ3v) is 5.81. The Labute approximate surface area is 147 Å². The van der Waals surface area contributed by atoms with Crippen molar-refractivity contribution in [3.8, 4) is 0 Å². The molecule has 0 bridgehead atoms. The summed E-state index contributed by atoms with van der Waals surface area (Å²) in [4.78, 5) is 24.8. The molecule has 0 aliphatic carbocycles. The largest absolute Gasteiger partial charge is 0.389 e. The number of hydrogen-bond donors (Lipinski definition) is 0. The van der Waals surface area contributed by atoms with Crippen LogP contribution in [0.4, 0.5) is 0 Å². The van der Waals surface area contributed by atoms with Crippen LogP contribution in [0, 0.1) is 0 Å². The van der Waals surface area contributed by atoms with Crippen molar-refractivity contribution in [3.05, 3.63) is 0 Å². The molecule has 2 aliphatic rings. The fourth-order valence-electron chi connectivity index (χ4n) is 4.34. The Hall–Kier alpha value is -0.940. The highest BCUT2D eigenvalue weighted by atomic mass is 16.6. The number of rotatable bonds is 5.